The Morgan fingerprint density at radius 1 is 1.10 bits per heavy atom. The van der Waals surface area contributed by atoms with Crippen LogP contribution in [0.4, 0.5) is 42.1 Å². The van der Waals surface area contributed by atoms with Crippen molar-refractivity contribution in [2.75, 3.05) is 38.1 Å². The van der Waals surface area contributed by atoms with E-state index in [-0.39, 0.29) is 5.56 Å². The van der Waals surface area contributed by atoms with Gasteiger partial charge in [-0.1, -0.05) is 0 Å². The zero-order valence-electron chi connectivity index (χ0n) is 14.9. The van der Waals surface area contributed by atoms with E-state index in [0.29, 0.717) is 43.5 Å². The van der Waals surface area contributed by atoms with E-state index >= 15 is 0 Å². The van der Waals surface area contributed by atoms with Crippen LogP contribution in [0.25, 0.3) is 0 Å². The van der Waals surface area contributed by atoms with E-state index in [2.05, 4.69) is 5.10 Å². The first-order chi connectivity index (χ1) is 13.3. The Hall–Kier alpha value is -2.64. The number of hydrazone groups is 1. The van der Waals surface area contributed by atoms with Gasteiger partial charge in [0.05, 0.1) is 11.1 Å². The Morgan fingerprint density at radius 3 is 2.21 bits per heavy atom. The number of anilines is 1. The molecule has 2 rings (SSSR count). The van der Waals surface area contributed by atoms with Crippen LogP contribution in [0.1, 0.15) is 5.56 Å². The van der Waals surface area contributed by atoms with Crippen LogP contribution in [-0.2, 0) is 0 Å². The number of halogens is 7. The Labute approximate surface area is 159 Å². The number of hydrogen-bond donors (Lipinski definition) is 1. The van der Waals surface area contributed by atoms with Gasteiger partial charge in [0, 0.05) is 49.6 Å². The second-order valence-electron chi connectivity index (χ2n) is 6.31. The van der Waals surface area contributed by atoms with Gasteiger partial charge < -0.3 is 9.80 Å². The first-order valence-corrected chi connectivity index (χ1v) is 8.11. The van der Waals surface area contributed by atoms with Crippen molar-refractivity contribution in [1.82, 2.24) is 10.3 Å². The number of likely N-dealkylation sites (N-methyl/N-ethyl adjacent to an activating group) is 1. The summed E-state index contributed by atoms with van der Waals surface area (Å²) in [6.07, 6.45) is -5.96. The van der Waals surface area contributed by atoms with Gasteiger partial charge >= 0.3 is 18.1 Å². The highest BCUT2D eigenvalue weighted by molar-refractivity contribution is 5.89. The van der Waals surface area contributed by atoms with E-state index in [0.717, 1.165) is 12.1 Å². The number of nitro benzene ring substituents is 1. The molecule has 1 fully saturated rings. The van der Waals surface area contributed by atoms with Crippen molar-refractivity contribution in [3.63, 3.8) is 0 Å². The molecule has 14 heteroatoms. The van der Waals surface area contributed by atoms with Crippen molar-refractivity contribution in [3.05, 3.63) is 33.9 Å². The molecule has 162 valence electrons. The molecule has 1 heterocycles. The third-order valence-corrected chi connectivity index (χ3v) is 4.22. The molecular formula is C15H16F7N5O2. The summed E-state index contributed by atoms with van der Waals surface area (Å²) in [7, 11) is 1.86. The lowest BCUT2D eigenvalue weighted by Crippen LogP contribution is -2.58. The number of nitrogens with one attached hydrogen (secondary N) is 1. The van der Waals surface area contributed by atoms with Gasteiger partial charge in [-0.05, 0) is 13.1 Å². The van der Waals surface area contributed by atoms with E-state index < -0.39 is 28.8 Å². The zero-order valence-corrected chi connectivity index (χ0v) is 14.9. The molecule has 1 N–H and O–H groups in total. The molecule has 29 heavy (non-hydrogen) atoms. The van der Waals surface area contributed by atoms with Crippen molar-refractivity contribution >= 4 is 17.6 Å². The van der Waals surface area contributed by atoms with Gasteiger partial charge in [0.15, 0.2) is 0 Å². The number of rotatable bonds is 6. The quantitative estimate of drug-likeness (QED) is 0.247. The minimum absolute atomic E-state index is 0.0950. The smallest absolute Gasteiger partial charge is 0.368 e. The Kier molecular flexibility index (Phi) is 6.25. The molecule has 0 aromatic heterocycles. The van der Waals surface area contributed by atoms with Crippen LogP contribution >= 0.6 is 0 Å². The molecule has 0 radical (unpaired) electrons. The maximum Gasteiger partial charge on any atom is 0.462 e. The molecule has 1 aromatic rings. The number of benzene rings is 1. The Balaban J connectivity index is 2.30. The summed E-state index contributed by atoms with van der Waals surface area (Å²) in [5.41, 5.74) is 0.315. The fourth-order valence-corrected chi connectivity index (χ4v) is 2.53. The number of hydrogen-bond acceptors (Lipinski definition) is 6. The van der Waals surface area contributed by atoms with E-state index in [1.54, 1.807) is 4.90 Å². The molecule has 0 amide bonds. The molecule has 7 nitrogen and oxygen atoms in total. The number of piperazine rings is 1. The second kappa shape index (κ2) is 8.00. The highest BCUT2D eigenvalue weighted by atomic mass is 19.4. The lowest BCUT2D eigenvalue weighted by atomic mass is 10.1. The maximum atomic E-state index is 13.3. The number of alkyl halides is 7. The normalized spacial score (nSPS) is 17.0. The van der Waals surface area contributed by atoms with Gasteiger partial charge in [0.2, 0.25) is 0 Å². The second-order valence-corrected chi connectivity index (χ2v) is 6.31. The van der Waals surface area contributed by atoms with E-state index in [1.165, 1.54) is 6.07 Å². The van der Waals surface area contributed by atoms with Gasteiger partial charge in [0.25, 0.3) is 5.69 Å². The molecule has 0 spiro atoms. The van der Waals surface area contributed by atoms with Gasteiger partial charge in [-0.2, -0.15) is 35.8 Å². The third-order valence-electron chi connectivity index (χ3n) is 4.22. The summed E-state index contributed by atoms with van der Waals surface area (Å²) in [5.74, 6) is -6.37. The molecule has 1 aromatic carbocycles. The number of non-ortho nitro benzene ring substituents is 1. The van der Waals surface area contributed by atoms with E-state index in [1.807, 2.05) is 11.9 Å². The fraction of sp³-hybridized carbons (Fsp3) is 0.533. The molecule has 1 aliphatic rings. The minimum atomic E-state index is -6.50. The van der Waals surface area contributed by atoms with Crippen LogP contribution in [0.2, 0.25) is 0 Å². The molecule has 0 saturated carbocycles. The SMILES string of the molecule is CN1CCN(c2ccc([N+](=O)[O-])cc2/C=N/NC(F)(F)C(F)(F)C(F)(F)F)CC1. The third kappa shape index (κ3) is 4.86. The molecular weight excluding hydrogens is 415 g/mol. The fourth-order valence-electron chi connectivity index (χ4n) is 2.53. The van der Waals surface area contributed by atoms with Crippen molar-refractivity contribution in [3.8, 4) is 0 Å². The summed E-state index contributed by atoms with van der Waals surface area (Å²) in [5, 5.41) is 13.7. The predicted octanol–water partition coefficient (Wildman–Crippen LogP) is 3.06. The first kappa shape index (κ1) is 22.6. The van der Waals surface area contributed by atoms with Crippen molar-refractivity contribution in [2.24, 2.45) is 5.10 Å². The Morgan fingerprint density at radius 2 is 1.69 bits per heavy atom. The average molecular weight is 431 g/mol. The lowest BCUT2D eigenvalue weighted by Gasteiger charge is -2.34. The van der Waals surface area contributed by atoms with Crippen LogP contribution in [0, 0.1) is 10.1 Å². The summed E-state index contributed by atoms with van der Waals surface area (Å²) in [4.78, 5) is 13.9. The number of nitro groups is 1. The molecule has 0 atom stereocenters. The number of nitrogens with zero attached hydrogens (tertiary/aromatic N) is 4. The highest BCUT2D eigenvalue weighted by Gasteiger charge is 2.73. The zero-order chi connectivity index (χ0) is 22.0. The average Bonchev–Trinajstić information content (AvgIpc) is 2.61. The van der Waals surface area contributed by atoms with Crippen LogP contribution in [0.5, 0.6) is 0 Å². The van der Waals surface area contributed by atoms with Gasteiger partial charge in [-0.3, -0.25) is 10.1 Å². The van der Waals surface area contributed by atoms with Crippen LogP contribution in [-0.4, -0.2) is 67.4 Å². The molecule has 0 aliphatic carbocycles. The maximum absolute atomic E-state index is 13.3. The summed E-state index contributed by atoms with van der Waals surface area (Å²) in [6.45, 7) is 2.21. The van der Waals surface area contributed by atoms with Crippen molar-refractivity contribution < 1.29 is 35.7 Å². The molecule has 1 aliphatic heterocycles. The standard InChI is InChI=1S/C15H16F7N5O2/c1-25-4-6-26(7-5-25)12-3-2-11(27(28)29)8-10(12)9-23-24-15(21,22)13(16,17)14(18,19)20/h2-3,8-9,24H,4-7H2,1H3/b23-9+. The lowest BCUT2D eigenvalue weighted by molar-refractivity contribution is -0.384. The van der Waals surface area contributed by atoms with Crippen molar-refractivity contribution in [2.45, 2.75) is 18.1 Å². The summed E-state index contributed by atoms with van der Waals surface area (Å²) < 4.78 is 88.8. The van der Waals surface area contributed by atoms with Gasteiger partial charge in [-0.25, -0.2) is 5.43 Å². The van der Waals surface area contributed by atoms with Crippen LogP contribution in [0.3, 0.4) is 0 Å². The Bertz CT molecular complexity index is 777. The van der Waals surface area contributed by atoms with Crippen LogP contribution in [0.15, 0.2) is 23.3 Å². The van der Waals surface area contributed by atoms with Gasteiger partial charge in [0.1, 0.15) is 0 Å². The highest BCUT2D eigenvalue weighted by Crippen LogP contribution is 2.45. The van der Waals surface area contributed by atoms with E-state index in [4.69, 9.17) is 0 Å². The molecule has 1 saturated heterocycles. The summed E-state index contributed by atoms with van der Waals surface area (Å²) >= 11 is 0. The van der Waals surface area contributed by atoms with Gasteiger partial charge in [-0.15, -0.1) is 0 Å². The predicted molar refractivity (Wildman–Crippen MR) is 89.5 cm³/mol. The van der Waals surface area contributed by atoms with Crippen molar-refractivity contribution in [1.29, 1.82) is 0 Å². The summed E-state index contributed by atoms with van der Waals surface area (Å²) in [6, 6.07) is -2.28. The molecule has 0 unspecified atom stereocenters. The van der Waals surface area contributed by atoms with E-state index in [9.17, 15) is 40.8 Å². The van der Waals surface area contributed by atoms with Crippen LogP contribution < -0.4 is 10.3 Å². The topological polar surface area (TPSA) is 74.0 Å². The first-order valence-electron chi connectivity index (χ1n) is 8.11. The molecule has 0 bridgehead atoms. The largest absolute Gasteiger partial charge is 0.462 e. The minimum Gasteiger partial charge on any atom is -0.368 e. The monoisotopic (exact) mass is 431 g/mol.